The molecule has 8 nitrogen and oxygen atoms in total. The summed E-state index contributed by atoms with van der Waals surface area (Å²) in [5.74, 6) is -0.238. The van der Waals surface area contributed by atoms with Crippen molar-refractivity contribution in [1.82, 2.24) is 9.36 Å². The number of aromatic nitrogens is 2. The molecule has 3 rings (SSSR count). The summed E-state index contributed by atoms with van der Waals surface area (Å²) in [6, 6.07) is 15.8. The van der Waals surface area contributed by atoms with Gasteiger partial charge in [0.15, 0.2) is 6.61 Å². The molecule has 0 aliphatic carbocycles. The number of hydrogen-bond acceptors (Lipinski definition) is 4. The van der Waals surface area contributed by atoms with Crippen LogP contribution in [0.1, 0.15) is 6.92 Å². The lowest BCUT2D eigenvalue weighted by atomic mass is 10.3. The zero-order chi connectivity index (χ0) is 20.1. The van der Waals surface area contributed by atoms with Gasteiger partial charge in [-0.3, -0.25) is 19.1 Å². The topological polar surface area (TPSA) is 94.4 Å². The first-order valence-electron chi connectivity index (χ1n) is 8.58. The average Bonchev–Trinajstić information content (AvgIpc) is 2.94. The molecule has 0 radical (unpaired) electrons. The van der Waals surface area contributed by atoms with Gasteiger partial charge >= 0.3 is 0 Å². The van der Waals surface area contributed by atoms with Gasteiger partial charge in [-0.2, -0.15) is 0 Å². The van der Waals surface area contributed by atoms with E-state index in [-0.39, 0.29) is 23.8 Å². The van der Waals surface area contributed by atoms with Crippen molar-refractivity contribution in [3.05, 3.63) is 71.1 Å². The molecule has 0 saturated heterocycles. The molecule has 144 valence electrons. The fraction of sp³-hybridized carbons (Fsp3) is 0.150. The highest BCUT2D eigenvalue weighted by Gasteiger charge is 2.13. The maximum absolute atomic E-state index is 12.6. The van der Waals surface area contributed by atoms with Crippen LogP contribution in [0.15, 0.2) is 65.6 Å². The van der Waals surface area contributed by atoms with Crippen LogP contribution in [0.5, 0.6) is 5.75 Å². The normalized spacial score (nSPS) is 10.4. The first kappa shape index (κ1) is 19.0. The highest BCUT2D eigenvalue weighted by atomic mass is 16.5. The molecule has 0 fully saturated rings. The zero-order valence-electron chi connectivity index (χ0n) is 15.5. The number of nitrogens with one attached hydrogen (secondary N) is 2. The van der Waals surface area contributed by atoms with Gasteiger partial charge in [0.25, 0.3) is 11.5 Å². The van der Waals surface area contributed by atoms with Crippen LogP contribution in [0.3, 0.4) is 0 Å². The third kappa shape index (κ3) is 4.47. The number of para-hydroxylation sites is 1. The summed E-state index contributed by atoms with van der Waals surface area (Å²) in [6.07, 6.45) is 1.55. The Labute approximate surface area is 161 Å². The molecule has 0 aliphatic rings. The zero-order valence-corrected chi connectivity index (χ0v) is 15.5. The van der Waals surface area contributed by atoms with Crippen LogP contribution in [0.25, 0.3) is 5.69 Å². The van der Waals surface area contributed by atoms with Gasteiger partial charge in [-0.15, -0.1) is 0 Å². The minimum atomic E-state index is -0.465. The Morgan fingerprint density at radius 3 is 2.50 bits per heavy atom. The number of anilines is 2. The Morgan fingerprint density at radius 2 is 1.79 bits per heavy atom. The Balaban J connectivity index is 1.66. The molecule has 0 spiro atoms. The molecule has 3 aromatic rings. The molecule has 1 aromatic heterocycles. The fourth-order valence-electron chi connectivity index (χ4n) is 2.71. The molecule has 2 N–H and O–H groups in total. The van der Waals surface area contributed by atoms with E-state index in [1.54, 1.807) is 54.3 Å². The predicted molar refractivity (Wildman–Crippen MR) is 106 cm³/mol. The van der Waals surface area contributed by atoms with E-state index in [9.17, 15) is 14.4 Å². The maximum atomic E-state index is 12.6. The second-order valence-electron chi connectivity index (χ2n) is 6.11. The van der Waals surface area contributed by atoms with Gasteiger partial charge in [0, 0.05) is 25.7 Å². The minimum absolute atomic E-state index is 0.159. The standard InChI is InChI=1S/C20H20N4O4/c1-14(25)21-15-7-6-10-17(11-15)28-13-19(26)22-18-12-23(2)24(20(18)27)16-8-4-3-5-9-16/h3-12H,13H2,1-2H3,(H,21,25)(H,22,26). The second-order valence-corrected chi connectivity index (χ2v) is 6.11. The maximum Gasteiger partial charge on any atom is 0.295 e. The number of ether oxygens (including phenoxy) is 1. The number of hydrogen-bond donors (Lipinski definition) is 2. The van der Waals surface area contributed by atoms with Crippen LogP contribution < -0.4 is 20.9 Å². The Hall–Kier alpha value is -3.81. The SMILES string of the molecule is CC(=O)Nc1cccc(OCC(=O)Nc2cn(C)n(-c3ccccc3)c2=O)c1. The smallest absolute Gasteiger partial charge is 0.295 e. The van der Waals surface area contributed by atoms with Crippen molar-refractivity contribution in [2.75, 3.05) is 17.2 Å². The van der Waals surface area contributed by atoms with Gasteiger partial charge in [0.1, 0.15) is 11.4 Å². The quantitative estimate of drug-likeness (QED) is 0.685. The summed E-state index contributed by atoms with van der Waals surface area (Å²) in [6.45, 7) is 1.13. The number of carbonyl (C=O) groups excluding carboxylic acids is 2. The summed E-state index contributed by atoms with van der Waals surface area (Å²) in [7, 11) is 1.72. The molecule has 0 aliphatic heterocycles. The highest BCUT2D eigenvalue weighted by Crippen LogP contribution is 2.17. The largest absolute Gasteiger partial charge is 0.484 e. The summed E-state index contributed by atoms with van der Waals surface area (Å²) in [4.78, 5) is 35.9. The van der Waals surface area contributed by atoms with E-state index < -0.39 is 5.91 Å². The molecular formula is C20H20N4O4. The highest BCUT2D eigenvalue weighted by molar-refractivity contribution is 5.91. The predicted octanol–water partition coefficient (Wildman–Crippen LogP) is 2.15. The molecule has 0 unspecified atom stereocenters. The van der Waals surface area contributed by atoms with E-state index >= 15 is 0 Å². The van der Waals surface area contributed by atoms with Gasteiger partial charge in [-0.05, 0) is 24.3 Å². The molecule has 28 heavy (non-hydrogen) atoms. The number of amides is 2. The molecular weight excluding hydrogens is 360 g/mol. The van der Waals surface area contributed by atoms with Gasteiger partial charge in [0.2, 0.25) is 5.91 Å². The van der Waals surface area contributed by atoms with Crippen molar-refractivity contribution in [2.24, 2.45) is 7.05 Å². The van der Waals surface area contributed by atoms with Crippen molar-refractivity contribution in [3.63, 3.8) is 0 Å². The van der Waals surface area contributed by atoms with E-state index in [4.69, 9.17) is 4.74 Å². The molecule has 0 saturated carbocycles. The summed E-state index contributed by atoms with van der Waals surface area (Å²) in [5, 5.41) is 5.21. The van der Waals surface area contributed by atoms with Gasteiger partial charge in [0.05, 0.1) is 11.9 Å². The summed E-state index contributed by atoms with van der Waals surface area (Å²) < 4.78 is 8.50. The summed E-state index contributed by atoms with van der Waals surface area (Å²) in [5.41, 5.74) is 1.09. The third-order valence-electron chi connectivity index (χ3n) is 3.85. The average molecular weight is 380 g/mol. The molecule has 0 atom stereocenters. The van der Waals surface area contributed by atoms with Crippen LogP contribution >= 0.6 is 0 Å². The van der Waals surface area contributed by atoms with Crippen molar-refractivity contribution in [2.45, 2.75) is 6.92 Å². The van der Waals surface area contributed by atoms with Crippen molar-refractivity contribution >= 4 is 23.2 Å². The Bertz CT molecular complexity index is 1050. The lowest BCUT2D eigenvalue weighted by molar-refractivity contribution is -0.118. The number of benzene rings is 2. The van der Waals surface area contributed by atoms with Crippen molar-refractivity contribution in [1.29, 1.82) is 0 Å². The first-order chi connectivity index (χ1) is 13.4. The number of aryl methyl sites for hydroxylation is 1. The van der Waals surface area contributed by atoms with Crippen molar-refractivity contribution in [3.8, 4) is 11.4 Å². The minimum Gasteiger partial charge on any atom is -0.484 e. The van der Waals surface area contributed by atoms with Crippen LogP contribution in [0.4, 0.5) is 11.4 Å². The lowest BCUT2D eigenvalue weighted by Crippen LogP contribution is -2.25. The van der Waals surface area contributed by atoms with Crippen molar-refractivity contribution < 1.29 is 14.3 Å². The van der Waals surface area contributed by atoms with Crippen LogP contribution in [-0.4, -0.2) is 27.8 Å². The Morgan fingerprint density at radius 1 is 1.04 bits per heavy atom. The van der Waals surface area contributed by atoms with E-state index in [0.717, 1.165) is 0 Å². The molecule has 0 bridgehead atoms. The molecule has 8 heteroatoms. The first-order valence-corrected chi connectivity index (χ1v) is 8.58. The van der Waals surface area contributed by atoms with Gasteiger partial charge in [-0.1, -0.05) is 24.3 Å². The Kier molecular flexibility index (Phi) is 5.59. The molecule has 2 amide bonds. The number of rotatable bonds is 6. The third-order valence-corrected chi connectivity index (χ3v) is 3.85. The molecule has 1 heterocycles. The van der Waals surface area contributed by atoms with E-state index in [1.807, 2.05) is 18.2 Å². The summed E-state index contributed by atoms with van der Waals surface area (Å²) >= 11 is 0. The molecule has 2 aromatic carbocycles. The van der Waals surface area contributed by atoms with Crippen LogP contribution in [0.2, 0.25) is 0 Å². The van der Waals surface area contributed by atoms with Gasteiger partial charge < -0.3 is 15.4 Å². The van der Waals surface area contributed by atoms with E-state index in [2.05, 4.69) is 10.6 Å². The monoisotopic (exact) mass is 380 g/mol. The number of carbonyl (C=O) groups is 2. The fourth-order valence-corrected chi connectivity index (χ4v) is 2.71. The lowest BCUT2D eigenvalue weighted by Gasteiger charge is -2.08. The second kappa shape index (κ2) is 8.26. The van der Waals surface area contributed by atoms with Crippen LogP contribution in [0, 0.1) is 0 Å². The van der Waals surface area contributed by atoms with Crippen LogP contribution in [-0.2, 0) is 16.6 Å². The van der Waals surface area contributed by atoms with E-state index in [1.165, 1.54) is 11.6 Å². The van der Waals surface area contributed by atoms with E-state index in [0.29, 0.717) is 17.1 Å². The van der Waals surface area contributed by atoms with Gasteiger partial charge in [-0.25, -0.2) is 4.68 Å². The number of nitrogens with zero attached hydrogens (tertiary/aromatic N) is 2.